The molecule has 1 rings (SSSR count). The van der Waals surface area contributed by atoms with Crippen molar-refractivity contribution in [3.63, 3.8) is 0 Å². The molecule has 0 aliphatic rings. The molecule has 0 heterocycles. The van der Waals surface area contributed by atoms with Crippen molar-refractivity contribution in [2.24, 2.45) is 0 Å². The normalized spacial score (nSPS) is 10.2. The van der Waals surface area contributed by atoms with Crippen molar-refractivity contribution in [2.45, 2.75) is 13.8 Å². The van der Waals surface area contributed by atoms with Gasteiger partial charge in [-0.05, 0) is 13.8 Å². The number of rotatable bonds is 4. The van der Waals surface area contributed by atoms with Crippen LogP contribution in [-0.2, 0) is 0 Å². The van der Waals surface area contributed by atoms with Crippen LogP contribution in [0.15, 0.2) is 12.1 Å². The summed E-state index contributed by atoms with van der Waals surface area (Å²) in [5.41, 5.74) is -0.533. The summed E-state index contributed by atoms with van der Waals surface area (Å²) in [5, 5.41) is 0. The van der Waals surface area contributed by atoms with E-state index in [1.165, 1.54) is 12.0 Å². The third kappa shape index (κ3) is 2.72. The maximum absolute atomic E-state index is 13.6. The van der Waals surface area contributed by atoms with Crippen LogP contribution >= 0.6 is 0 Å². The van der Waals surface area contributed by atoms with Crippen LogP contribution in [0, 0.1) is 11.6 Å². The van der Waals surface area contributed by atoms with Gasteiger partial charge >= 0.3 is 0 Å². The van der Waals surface area contributed by atoms with E-state index in [2.05, 4.69) is 0 Å². The van der Waals surface area contributed by atoms with Crippen LogP contribution in [0.2, 0.25) is 0 Å². The van der Waals surface area contributed by atoms with Gasteiger partial charge < -0.3 is 9.64 Å². The Morgan fingerprint density at radius 1 is 1.24 bits per heavy atom. The van der Waals surface area contributed by atoms with Gasteiger partial charge in [0.1, 0.15) is 22.9 Å². The van der Waals surface area contributed by atoms with Gasteiger partial charge in [0.2, 0.25) is 0 Å². The molecule has 0 bridgehead atoms. The number of hydrogen-bond donors (Lipinski definition) is 0. The first-order valence-electron chi connectivity index (χ1n) is 5.37. The van der Waals surface area contributed by atoms with Gasteiger partial charge in [0.25, 0.3) is 5.91 Å². The highest BCUT2D eigenvalue weighted by molar-refractivity contribution is 5.94. The van der Waals surface area contributed by atoms with Crippen LogP contribution in [-0.4, -0.2) is 31.0 Å². The Bertz CT molecular complexity index is 394. The van der Waals surface area contributed by atoms with Gasteiger partial charge in [-0.2, -0.15) is 0 Å². The molecule has 0 fully saturated rings. The van der Waals surface area contributed by atoms with E-state index in [0.29, 0.717) is 13.1 Å². The lowest BCUT2D eigenvalue weighted by atomic mass is 10.1. The van der Waals surface area contributed by atoms with Gasteiger partial charge in [-0.25, -0.2) is 8.78 Å². The molecule has 0 spiro atoms. The zero-order valence-electron chi connectivity index (χ0n) is 10.1. The van der Waals surface area contributed by atoms with Crippen LogP contribution in [0.1, 0.15) is 24.2 Å². The van der Waals surface area contributed by atoms with Crippen LogP contribution in [0.4, 0.5) is 8.78 Å². The van der Waals surface area contributed by atoms with E-state index in [9.17, 15) is 13.6 Å². The first kappa shape index (κ1) is 13.4. The van der Waals surface area contributed by atoms with Crippen molar-refractivity contribution in [1.29, 1.82) is 0 Å². The van der Waals surface area contributed by atoms with Crippen LogP contribution in [0.3, 0.4) is 0 Å². The molecule has 1 aromatic rings. The molecule has 94 valence electrons. The number of benzene rings is 1. The largest absolute Gasteiger partial charge is 0.497 e. The van der Waals surface area contributed by atoms with Gasteiger partial charge in [0.15, 0.2) is 0 Å². The summed E-state index contributed by atoms with van der Waals surface area (Å²) in [4.78, 5) is 13.2. The average Bonchev–Trinajstić information content (AvgIpc) is 2.29. The highest BCUT2D eigenvalue weighted by Crippen LogP contribution is 2.21. The van der Waals surface area contributed by atoms with E-state index < -0.39 is 23.1 Å². The number of amides is 1. The van der Waals surface area contributed by atoms with Crippen molar-refractivity contribution in [3.8, 4) is 5.75 Å². The number of hydrogen-bond acceptors (Lipinski definition) is 2. The topological polar surface area (TPSA) is 29.5 Å². The van der Waals surface area contributed by atoms with E-state index in [1.54, 1.807) is 13.8 Å². The molecule has 17 heavy (non-hydrogen) atoms. The average molecular weight is 243 g/mol. The zero-order valence-corrected chi connectivity index (χ0v) is 10.1. The van der Waals surface area contributed by atoms with Gasteiger partial charge in [-0.1, -0.05) is 0 Å². The first-order chi connectivity index (χ1) is 8.04. The Morgan fingerprint density at radius 3 is 2.06 bits per heavy atom. The number of ether oxygens (including phenoxy) is 1. The second-order valence-corrected chi connectivity index (χ2v) is 3.44. The van der Waals surface area contributed by atoms with Crippen LogP contribution in [0.25, 0.3) is 0 Å². The maximum atomic E-state index is 13.6. The fourth-order valence-corrected chi connectivity index (χ4v) is 1.54. The summed E-state index contributed by atoms with van der Waals surface area (Å²) >= 11 is 0. The van der Waals surface area contributed by atoms with Crippen molar-refractivity contribution in [2.75, 3.05) is 20.2 Å². The highest BCUT2D eigenvalue weighted by Gasteiger charge is 2.22. The molecule has 0 unspecified atom stereocenters. The van der Waals surface area contributed by atoms with Gasteiger partial charge in [0, 0.05) is 25.2 Å². The lowest BCUT2D eigenvalue weighted by molar-refractivity contribution is 0.0763. The Kier molecular flexibility index (Phi) is 4.43. The van der Waals surface area contributed by atoms with E-state index in [-0.39, 0.29) is 5.75 Å². The Hall–Kier alpha value is -1.65. The third-order valence-electron chi connectivity index (χ3n) is 2.52. The Labute approximate surface area is 99.0 Å². The minimum Gasteiger partial charge on any atom is -0.497 e. The molecule has 0 atom stereocenters. The molecule has 0 N–H and O–H groups in total. The molecule has 1 amide bonds. The van der Waals surface area contributed by atoms with E-state index in [4.69, 9.17) is 4.74 Å². The molecule has 5 heteroatoms. The molecule has 3 nitrogen and oxygen atoms in total. The fourth-order valence-electron chi connectivity index (χ4n) is 1.54. The number of halogens is 2. The quantitative estimate of drug-likeness (QED) is 0.813. The second kappa shape index (κ2) is 5.61. The minimum absolute atomic E-state index is 0.0519. The summed E-state index contributed by atoms with van der Waals surface area (Å²) in [6.45, 7) is 4.31. The minimum atomic E-state index is -0.904. The van der Waals surface area contributed by atoms with Gasteiger partial charge in [-0.15, -0.1) is 0 Å². The van der Waals surface area contributed by atoms with Crippen LogP contribution in [0.5, 0.6) is 5.75 Å². The molecule has 0 saturated carbocycles. The monoisotopic (exact) mass is 243 g/mol. The molecular formula is C12H15F2NO2. The summed E-state index contributed by atoms with van der Waals surface area (Å²) in [6, 6.07) is 2.00. The first-order valence-corrected chi connectivity index (χ1v) is 5.37. The summed E-state index contributed by atoms with van der Waals surface area (Å²) < 4.78 is 31.9. The predicted molar refractivity (Wildman–Crippen MR) is 60.2 cm³/mol. The summed E-state index contributed by atoms with van der Waals surface area (Å²) in [5.74, 6) is -2.40. The van der Waals surface area contributed by atoms with E-state index in [0.717, 1.165) is 12.1 Å². The number of carbonyl (C=O) groups excluding carboxylic acids is 1. The van der Waals surface area contributed by atoms with Gasteiger partial charge in [0.05, 0.1) is 7.11 Å². The summed E-state index contributed by atoms with van der Waals surface area (Å²) in [7, 11) is 1.31. The number of carbonyl (C=O) groups is 1. The van der Waals surface area contributed by atoms with Gasteiger partial charge in [-0.3, -0.25) is 4.79 Å². The lowest BCUT2D eigenvalue weighted by Crippen LogP contribution is -2.31. The van der Waals surface area contributed by atoms with E-state index in [1.807, 2.05) is 0 Å². The molecule has 1 aromatic carbocycles. The maximum Gasteiger partial charge on any atom is 0.259 e. The third-order valence-corrected chi connectivity index (χ3v) is 2.52. The SMILES string of the molecule is CCN(CC)C(=O)c1c(F)cc(OC)cc1F. The van der Waals surface area contributed by atoms with Crippen LogP contribution < -0.4 is 4.74 Å². The number of methoxy groups -OCH3 is 1. The van der Waals surface area contributed by atoms with E-state index >= 15 is 0 Å². The van der Waals surface area contributed by atoms with Crippen molar-refractivity contribution in [1.82, 2.24) is 4.90 Å². The predicted octanol–water partition coefficient (Wildman–Crippen LogP) is 2.46. The standard InChI is InChI=1S/C12H15F2NO2/c1-4-15(5-2)12(16)11-9(13)6-8(17-3)7-10(11)14/h6-7H,4-5H2,1-3H3. The molecule has 0 aliphatic heterocycles. The molecule has 0 aliphatic carbocycles. The highest BCUT2D eigenvalue weighted by atomic mass is 19.1. The lowest BCUT2D eigenvalue weighted by Gasteiger charge is -2.19. The second-order valence-electron chi connectivity index (χ2n) is 3.44. The summed E-state index contributed by atoms with van der Waals surface area (Å²) in [6.07, 6.45) is 0. The molecule has 0 radical (unpaired) electrons. The zero-order chi connectivity index (χ0) is 13.0. The fraction of sp³-hybridized carbons (Fsp3) is 0.417. The Balaban J connectivity index is 3.18. The van der Waals surface area contributed by atoms with Crippen molar-refractivity contribution in [3.05, 3.63) is 29.3 Å². The molecule has 0 saturated heterocycles. The number of nitrogens with zero attached hydrogens (tertiary/aromatic N) is 1. The smallest absolute Gasteiger partial charge is 0.259 e. The molecule has 0 aromatic heterocycles. The van der Waals surface area contributed by atoms with Crippen molar-refractivity contribution >= 4 is 5.91 Å². The molecular weight excluding hydrogens is 228 g/mol. The Morgan fingerprint density at radius 2 is 1.71 bits per heavy atom. The van der Waals surface area contributed by atoms with Crippen molar-refractivity contribution < 1.29 is 18.3 Å².